The summed E-state index contributed by atoms with van der Waals surface area (Å²) in [6, 6.07) is 5.65. The van der Waals surface area contributed by atoms with Crippen molar-refractivity contribution in [2.45, 2.75) is 18.9 Å². The van der Waals surface area contributed by atoms with E-state index >= 15 is 0 Å². The molecule has 1 heterocycles. The van der Waals surface area contributed by atoms with Gasteiger partial charge >= 0.3 is 0 Å². The Morgan fingerprint density at radius 3 is 2.74 bits per heavy atom. The lowest BCUT2D eigenvalue weighted by Crippen LogP contribution is -2.36. The van der Waals surface area contributed by atoms with Gasteiger partial charge in [0.25, 0.3) is 0 Å². The smallest absolute Gasteiger partial charge is 0.150 e. The monoisotopic (exact) mass is 321 g/mol. The summed E-state index contributed by atoms with van der Waals surface area (Å²) < 4.78 is 23.1. The molecule has 1 aromatic carbocycles. The minimum Gasteiger partial charge on any atom is -0.316 e. The zero-order chi connectivity index (χ0) is 14.0. The molecule has 106 valence electrons. The number of benzene rings is 1. The molecule has 1 aliphatic rings. The van der Waals surface area contributed by atoms with Gasteiger partial charge in [0.2, 0.25) is 0 Å². The van der Waals surface area contributed by atoms with Crippen molar-refractivity contribution in [3.05, 3.63) is 33.8 Å². The molecule has 19 heavy (non-hydrogen) atoms. The summed E-state index contributed by atoms with van der Waals surface area (Å²) >= 11 is 12.2. The van der Waals surface area contributed by atoms with Crippen LogP contribution in [-0.4, -0.2) is 33.0 Å². The van der Waals surface area contributed by atoms with Gasteiger partial charge in [-0.25, -0.2) is 8.42 Å². The molecule has 0 amide bonds. The van der Waals surface area contributed by atoms with Gasteiger partial charge in [0, 0.05) is 6.04 Å². The second kappa shape index (κ2) is 6.00. The molecule has 1 fully saturated rings. The van der Waals surface area contributed by atoms with E-state index in [-0.39, 0.29) is 17.7 Å². The van der Waals surface area contributed by atoms with Crippen molar-refractivity contribution in [2.75, 3.05) is 18.6 Å². The van der Waals surface area contributed by atoms with Crippen molar-refractivity contribution < 1.29 is 8.42 Å². The van der Waals surface area contributed by atoms with Gasteiger partial charge in [-0.2, -0.15) is 0 Å². The molecule has 1 N–H and O–H groups in total. The van der Waals surface area contributed by atoms with Crippen LogP contribution in [0.2, 0.25) is 10.0 Å². The number of sulfone groups is 1. The Balaban J connectivity index is 2.14. The third-order valence-corrected chi connectivity index (χ3v) is 6.33. The first-order valence-corrected chi connectivity index (χ1v) is 8.81. The number of nitrogens with one attached hydrogen (secondary N) is 1. The molecule has 0 radical (unpaired) electrons. The van der Waals surface area contributed by atoms with Crippen LogP contribution in [-0.2, 0) is 16.3 Å². The highest BCUT2D eigenvalue weighted by atomic mass is 35.5. The van der Waals surface area contributed by atoms with Crippen LogP contribution in [0.5, 0.6) is 0 Å². The van der Waals surface area contributed by atoms with Gasteiger partial charge < -0.3 is 5.32 Å². The van der Waals surface area contributed by atoms with E-state index in [1.54, 1.807) is 6.07 Å². The van der Waals surface area contributed by atoms with Gasteiger partial charge in [0.1, 0.15) is 0 Å². The zero-order valence-corrected chi connectivity index (χ0v) is 13.0. The summed E-state index contributed by atoms with van der Waals surface area (Å²) in [4.78, 5) is 0. The van der Waals surface area contributed by atoms with E-state index in [9.17, 15) is 8.42 Å². The molecule has 1 aromatic rings. The predicted molar refractivity (Wildman–Crippen MR) is 79.8 cm³/mol. The van der Waals surface area contributed by atoms with Crippen LogP contribution in [0.25, 0.3) is 0 Å². The lowest BCUT2D eigenvalue weighted by atomic mass is 9.93. The third kappa shape index (κ3) is 3.63. The first-order valence-electron chi connectivity index (χ1n) is 6.23. The van der Waals surface area contributed by atoms with E-state index in [0.717, 1.165) is 5.56 Å². The minimum atomic E-state index is -2.86. The average molecular weight is 322 g/mol. The van der Waals surface area contributed by atoms with Crippen molar-refractivity contribution in [1.29, 1.82) is 0 Å². The molecular weight excluding hydrogens is 305 g/mol. The van der Waals surface area contributed by atoms with Crippen LogP contribution in [0.15, 0.2) is 18.2 Å². The highest BCUT2D eigenvalue weighted by Crippen LogP contribution is 2.29. The van der Waals surface area contributed by atoms with Crippen molar-refractivity contribution in [2.24, 2.45) is 5.92 Å². The van der Waals surface area contributed by atoms with E-state index in [0.29, 0.717) is 28.6 Å². The molecule has 1 saturated heterocycles. The number of rotatable bonds is 4. The number of hydrogen-bond donors (Lipinski definition) is 1. The molecule has 1 aliphatic heterocycles. The maximum absolute atomic E-state index is 11.6. The van der Waals surface area contributed by atoms with Crippen LogP contribution in [0, 0.1) is 5.92 Å². The molecule has 0 bridgehead atoms. The molecular formula is C13H17Cl2NO2S. The van der Waals surface area contributed by atoms with Gasteiger partial charge in [-0.15, -0.1) is 0 Å². The zero-order valence-electron chi connectivity index (χ0n) is 10.7. The second-order valence-corrected chi connectivity index (χ2v) is 7.99. The van der Waals surface area contributed by atoms with Gasteiger partial charge in [-0.3, -0.25) is 0 Å². The first kappa shape index (κ1) is 15.1. The molecule has 0 aromatic heterocycles. The van der Waals surface area contributed by atoms with Crippen molar-refractivity contribution >= 4 is 33.0 Å². The summed E-state index contributed by atoms with van der Waals surface area (Å²) in [6.45, 7) is 0. The van der Waals surface area contributed by atoms with E-state index in [1.807, 2.05) is 19.2 Å². The Bertz CT molecular complexity index is 560. The summed E-state index contributed by atoms with van der Waals surface area (Å²) in [5, 5.41) is 4.31. The average Bonchev–Trinajstić information content (AvgIpc) is 2.71. The molecule has 2 rings (SSSR count). The summed E-state index contributed by atoms with van der Waals surface area (Å²) in [5.74, 6) is 0.695. The molecule has 2 unspecified atom stereocenters. The van der Waals surface area contributed by atoms with Crippen LogP contribution in [0.3, 0.4) is 0 Å². The Labute approximate surface area is 124 Å². The summed E-state index contributed by atoms with van der Waals surface area (Å²) in [7, 11) is -1.00. The lowest BCUT2D eigenvalue weighted by molar-refractivity contribution is 0.403. The Hall–Kier alpha value is -0.290. The largest absolute Gasteiger partial charge is 0.316 e. The van der Waals surface area contributed by atoms with Gasteiger partial charge in [-0.1, -0.05) is 35.3 Å². The highest BCUT2D eigenvalue weighted by molar-refractivity contribution is 7.91. The predicted octanol–water partition coefficient (Wildman–Crippen LogP) is 2.56. The number of hydrogen-bond acceptors (Lipinski definition) is 3. The SMILES string of the molecule is CNC(Cc1cccc(Cl)c1Cl)C1CCS(=O)(=O)C1. The van der Waals surface area contributed by atoms with Crippen molar-refractivity contribution in [3.63, 3.8) is 0 Å². The quantitative estimate of drug-likeness (QED) is 0.927. The molecule has 0 aliphatic carbocycles. The maximum atomic E-state index is 11.6. The van der Waals surface area contributed by atoms with E-state index in [4.69, 9.17) is 23.2 Å². The normalized spacial score (nSPS) is 23.4. The van der Waals surface area contributed by atoms with Gasteiger partial charge in [0.05, 0.1) is 21.6 Å². The number of halogens is 2. The summed E-state index contributed by atoms with van der Waals surface area (Å²) in [5.41, 5.74) is 0.956. The minimum absolute atomic E-state index is 0.105. The fourth-order valence-electron chi connectivity index (χ4n) is 2.59. The Morgan fingerprint density at radius 1 is 1.42 bits per heavy atom. The van der Waals surface area contributed by atoms with Gasteiger partial charge in [0.15, 0.2) is 9.84 Å². The topological polar surface area (TPSA) is 46.2 Å². The van der Waals surface area contributed by atoms with E-state index in [2.05, 4.69) is 5.32 Å². The summed E-state index contributed by atoms with van der Waals surface area (Å²) in [6.07, 6.45) is 1.40. The Morgan fingerprint density at radius 2 is 2.16 bits per heavy atom. The molecule has 6 heteroatoms. The number of likely N-dealkylation sites (N-methyl/N-ethyl adjacent to an activating group) is 1. The maximum Gasteiger partial charge on any atom is 0.150 e. The third-order valence-electron chi connectivity index (χ3n) is 3.68. The molecule has 0 spiro atoms. The van der Waals surface area contributed by atoms with Crippen molar-refractivity contribution in [3.8, 4) is 0 Å². The first-order chi connectivity index (χ1) is 8.93. The van der Waals surface area contributed by atoms with Gasteiger partial charge in [-0.05, 0) is 37.4 Å². The van der Waals surface area contributed by atoms with E-state index in [1.165, 1.54) is 0 Å². The van der Waals surface area contributed by atoms with Crippen LogP contribution < -0.4 is 5.32 Å². The highest BCUT2D eigenvalue weighted by Gasteiger charge is 2.33. The lowest BCUT2D eigenvalue weighted by Gasteiger charge is -2.22. The second-order valence-electron chi connectivity index (χ2n) is 4.98. The standard InChI is InChI=1S/C13H17Cl2NO2S/c1-16-12(10-5-6-19(17,18)8-10)7-9-3-2-4-11(14)13(9)15/h2-4,10,12,16H,5-8H2,1H3. The fraction of sp³-hybridized carbons (Fsp3) is 0.538. The fourth-order valence-corrected chi connectivity index (χ4v) is 4.87. The van der Waals surface area contributed by atoms with Crippen LogP contribution in [0.4, 0.5) is 0 Å². The van der Waals surface area contributed by atoms with Crippen LogP contribution in [0.1, 0.15) is 12.0 Å². The van der Waals surface area contributed by atoms with Crippen molar-refractivity contribution in [1.82, 2.24) is 5.32 Å². The van der Waals surface area contributed by atoms with Crippen LogP contribution >= 0.6 is 23.2 Å². The molecule has 3 nitrogen and oxygen atoms in total. The van der Waals surface area contributed by atoms with E-state index < -0.39 is 9.84 Å². The molecule has 0 saturated carbocycles. The Kier molecular flexibility index (Phi) is 4.77. The molecule has 2 atom stereocenters.